The van der Waals surface area contributed by atoms with E-state index < -0.39 is 0 Å². The maximum absolute atomic E-state index is 2.74. The molecule has 1 heteroatoms. The van der Waals surface area contributed by atoms with E-state index in [-0.39, 0.29) is 0 Å². The highest BCUT2D eigenvalue weighted by Gasteiger charge is 2.43. The number of benzene rings is 2. The average molecular weight is 305 g/mol. The standard InChI is InChI=1S/C22H27N/c1-3-23-15-21-19-10-5-4-9-18(19)11-12-20(21)22(23)14-17-8-6-7-16(2)13-17/h4-10,13,20-22H,3,11-12,14-15H2,1-2H3. The van der Waals surface area contributed by atoms with Gasteiger partial charge in [0, 0.05) is 18.5 Å². The molecule has 1 aliphatic heterocycles. The van der Waals surface area contributed by atoms with Crippen LogP contribution in [0.15, 0.2) is 48.5 Å². The molecule has 2 aliphatic rings. The molecule has 2 aromatic carbocycles. The fourth-order valence-electron chi connectivity index (χ4n) is 4.96. The number of likely N-dealkylation sites (tertiary alicyclic amines) is 1. The zero-order valence-corrected chi connectivity index (χ0v) is 14.3. The van der Waals surface area contributed by atoms with Gasteiger partial charge < -0.3 is 0 Å². The molecule has 0 N–H and O–H groups in total. The molecule has 4 rings (SSSR count). The van der Waals surface area contributed by atoms with Crippen molar-refractivity contribution in [2.45, 2.75) is 45.1 Å². The van der Waals surface area contributed by atoms with Crippen LogP contribution in [0.4, 0.5) is 0 Å². The van der Waals surface area contributed by atoms with E-state index in [1.54, 1.807) is 11.1 Å². The second-order valence-electron chi connectivity index (χ2n) is 7.36. The van der Waals surface area contributed by atoms with E-state index >= 15 is 0 Å². The number of hydrogen-bond acceptors (Lipinski definition) is 1. The molecule has 0 saturated carbocycles. The molecule has 0 bridgehead atoms. The van der Waals surface area contributed by atoms with E-state index in [2.05, 4.69) is 67.3 Å². The Morgan fingerprint density at radius 3 is 2.78 bits per heavy atom. The number of likely N-dealkylation sites (N-methyl/N-ethyl adjacent to an activating group) is 1. The number of nitrogens with zero attached hydrogens (tertiary/aromatic N) is 1. The van der Waals surface area contributed by atoms with Crippen molar-refractivity contribution in [3.63, 3.8) is 0 Å². The maximum atomic E-state index is 2.74. The van der Waals surface area contributed by atoms with E-state index in [0.717, 1.165) is 11.8 Å². The first kappa shape index (κ1) is 15.0. The highest BCUT2D eigenvalue weighted by Crippen LogP contribution is 2.45. The van der Waals surface area contributed by atoms with Crippen LogP contribution in [-0.4, -0.2) is 24.0 Å². The first-order valence-electron chi connectivity index (χ1n) is 9.13. The fraction of sp³-hybridized carbons (Fsp3) is 0.455. The van der Waals surface area contributed by atoms with Crippen LogP contribution in [0.2, 0.25) is 0 Å². The van der Waals surface area contributed by atoms with Crippen molar-refractivity contribution in [2.75, 3.05) is 13.1 Å². The van der Waals surface area contributed by atoms with Gasteiger partial charge in [-0.3, -0.25) is 4.90 Å². The largest absolute Gasteiger partial charge is 0.299 e. The number of fused-ring (bicyclic) bond motifs is 3. The number of rotatable bonds is 3. The van der Waals surface area contributed by atoms with Gasteiger partial charge in [-0.05, 0) is 55.3 Å². The third-order valence-corrected chi connectivity index (χ3v) is 6.05. The van der Waals surface area contributed by atoms with Gasteiger partial charge in [-0.25, -0.2) is 0 Å². The summed E-state index contributed by atoms with van der Waals surface area (Å²) in [5, 5.41) is 0. The summed E-state index contributed by atoms with van der Waals surface area (Å²) in [6, 6.07) is 19.0. The van der Waals surface area contributed by atoms with Crippen LogP contribution in [0.25, 0.3) is 0 Å². The van der Waals surface area contributed by atoms with Gasteiger partial charge >= 0.3 is 0 Å². The van der Waals surface area contributed by atoms with Crippen molar-refractivity contribution in [3.05, 3.63) is 70.8 Å². The van der Waals surface area contributed by atoms with Crippen LogP contribution >= 0.6 is 0 Å². The normalized spacial score (nSPS) is 26.8. The first-order valence-corrected chi connectivity index (χ1v) is 9.13. The van der Waals surface area contributed by atoms with Gasteiger partial charge in [0.05, 0.1) is 0 Å². The van der Waals surface area contributed by atoms with Gasteiger partial charge in [0.15, 0.2) is 0 Å². The molecular weight excluding hydrogens is 278 g/mol. The van der Waals surface area contributed by atoms with Gasteiger partial charge in [0.2, 0.25) is 0 Å². The van der Waals surface area contributed by atoms with Gasteiger partial charge in [0.1, 0.15) is 0 Å². The van der Waals surface area contributed by atoms with E-state index in [4.69, 9.17) is 0 Å². The molecule has 0 radical (unpaired) electrons. The highest BCUT2D eigenvalue weighted by atomic mass is 15.2. The molecule has 23 heavy (non-hydrogen) atoms. The molecule has 3 unspecified atom stereocenters. The molecule has 2 aromatic rings. The average Bonchev–Trinajstić information content (AvgIpc) is 2.93. The number of aryl methyl sites for hydroxylation is 2. The molecule has 1 heterocycles. The minimum Gasteiger partial charge on any atom is -0.299 e. The van der Waals surface area contributed by atoms with Crippen LogP contribution in [-0.2, 0) is 12.8 Å². The second kappa shape index (κ2) is 6.13. The van der Waals surface area contributed by atoms with Crippen molar-refractivity contribution < 1.29 is 0 Å². The maximum Gasteiger partial charge on any atom is 0.0170 e. The molecule has 1 aliphatic carbocycles. The van der Waals surface area contributed by atoms with Crippen LogP contribution in [0.5, 0.6) is 0 Å². The lowest BCUT2D eigenvalue weighted by Gasteiger charge is -2.32. The van der Waals surface area contributed by atoms with Crippen molar-refractivity contribution in [1.29, 1.82) is 0 Å². The van der Waals surface area contributed by atoms with E-state index in [1.165, 1.54) is 43.5 Å². The Kier molecular flexibility index (Phi) is 3.98. The Morgan fingerprint density at radius 2 is 1.96 bits per heavy atom. The monoisotopic (exact) mass is 305 g/mol. The third kappa shape index (κ3) is 2.72. The molecule has 1 saturated heterocycles. The number of hydrogen-bond donors (Lipinski definition) is 0. The zero-order chi connectivity index (χ0) is 15.8. The van der Waals surface area contributed by atoms with Gasteiger partial charge in [-0.1, -0.05) is 61.0 Å². The molecule has 3 atom stereocenters. The van der Waals surface area contributed by atoms with E-state index in [9.17, 15) is 0 Å². The molecular formula is C22H27N. The minimum absolute atomic E-state index is 0.708. The fourth-order valence-corrected chi connectivity index (χ4v) is 4.96. The van der Waals surface area contributed by atoms with Crippen LogP contribution in [0, 0.1) is 12.8 Å². The predicted octanol–water partition coefficient (Wildman–Crippen LogP) is 4.59. The van der Waals surface area contributed by atoms with E-state index in [1.807, 2.05) is 0 Å². The first-order chi connectivity index (χ1) is 11.3. The summed E-state index contributed by atoms with van der Waals surface area (Å²) < 4.78 is 0. The summed E-state index contributed by atoms with van der Waals surface area (Å²) >= 11 is 0. The Labute approximate surface area is 140 Å². The molecule has 0 aromatic heterocycles. The molecule has 1 nitrogen and oxygen atoms in total. The lowest BCUT2D eigenvalue weighted by Crippen LogP contribution is -2.35. The SMILES string of the molecule is CCN1CC2c3ccccc3CCC2C1Cc1cccc(C)c1. The summed E-state index contributed by atoms with van der Waals surface area (Å²) in [5.41, 5.74) is 6.12. The quantitative estimate of drug-likeness (QED) is 0.802. The summed E-state index contributed by atoms with van der Waals surface area (Å²) in [4.78, 5) is 2.74. The van der Waals surface area contributed by atoms with Crippen LogP contribution in [0.3, 0.4) is 0 Å². The van der Waals surface area contributed by atoms with Crippen molar-refractivity contribution in [3.8, 4) is 0 Å². The van der Waals surface area contributed by atoms with Crippen molar-refractivity contribution in [1.82, 2.24) is 4.90 Å². The Morgan fingerprint density at radius 1 is 1.09 bits per heavy atom. The van der Waals surface area contributed by atoms with Gasteiger partial charge in [-0.15, -0.1) is 0 Å². The summed E-state index contributed by atoms with van der Waals surface area (Å²) in [6.45, 7) is 6.95. The van der Waals surface area contributed by atoms with Gasteiger partial charge in [-0.2, -0.15) is 0 Å². The molecule has 0 amide bonds. The summed E-state index contributed by atoms with van der Waals surface area (Å²) in [7, 11) is 0. The third-order valence-electron chi connectivity index (χ3n) is 6.05. The van der Waals surface area contributed by atoms with Crippen LogP contribution in [0.1, 0.15) is 41.5 Å². The van der Waals surface area contributed by atoms with E-state index in [0.29, 0.717) is 6.04 Å². The lowest BCUT2D eigenvalue weighted by atomic mass is 9.73. The lowest BCUT2D eigenvalue weighted by molar-refractivity contribution is 0.228. The van der Waals surface area contributed by atoms with Crippen LogP contribution < -0.4 is 0 Å². The smallest absolute Gasteiger partial charge is 0.0170 e. The predicted molar refractivity (Wildman–Crippen MR) is 96.9 cm³/mol. The zero-order valence-electron chi connectivity index (χ0n) is 14.3. The highest BCUT2D eigenvalue weighted by molar-refractivity contribution is 5.36. The Balaban J connectivity index is 1.63. The Hall–Kier alpha value is -1.60. The topological polar surface area (TPSA) is 3.24 Å². The second-order valence-corrected chi connectivity index (χ2v) is 7.36. The molecule has 1 fully saturated rings. The van der Waals surface area contributed by atoms with Crippen molar-refractivity contribution in [2.24, 2.45) is 5.92 Å². The van der Waals surface area contributed by atoms with Gasteiger partial charge in [0.25, 0.3) is 0 Å². The molecule has 0 spiro atoms. The molecule has 120 valence electrons. The minimum atomic E-state index is 0.708. The Bertz CT molecular complexity index is 690. The summed E-state index contributed by atoms with van der Waals surface area (Å²) in [5.74, 6) is 1.57. The van der Waals surface area contributed by atoms with Crippen molar-refractivity contribution >= 4 is 0 Å². The summed E-state index contributed by atoms with van der Waals surface area (Å²) in [6.07, 6.45) is 3.83.